The van der Waals surface area contributed by atoms with Gasteiger partial charge in [0.05, 0.1) is 5.69 Å². The Morgan fingerprint density at radius 3 is 2.24 bits per heavy atom. The Labute approximate surface area is 200 Å². The fourth-order valence-electron chi connectivity index (χ4n) is 4.02. The monoisotopic (exact) mass is 483 g/mol. The van der Waals surface area contributed by atoms with Crippen LogP contribution in [-0.2, 0) is 14.8 Å². The molecule has 0 radical (unpaired) electrons. The molecule has 0 N–H and O–H groups in total. The molecule has 1 aliphatic heterocycles. The van der Waals surface area contributed by atoms with Crippen LogP contribution in [0.4, 0.5) is 11.4 Å². The number of piperazine rings is 1. The highest BCUT2D eigenvalue weighted by Crippen LogP contribution is 2.27. The second-order valence-electron chi connectivity index (χ2n) is 8.44. The molecule has 2 heterocycles. The molecule has 33 heavy (non-hydrogen) atoms. The van der Waals surface area contributed by atoms with Gasteiger partial charge in [0.15, 0.2) is 0 Å². The summed E-state index contributed by atoms with van der Waals surface area (Å²) in [6.07, 6.45) is 0. The van der Waals surface area contributed by atoms with Crippen molar-refractivity contribution >= 4 is 38.6 Å². The summed E-state index contributed by atoms with van der Waals surface area (Å²) in [7, 11) is -3.83. The number of carbonyl (C=O) groups is 1. The van der Waals surface area contributed by atoms with Gasteiger partial charge in [-0.2, -0.15) is 0 Å². The third-order valence-corrected chi connectivity index (χ3v) is 9.12. The summed E-state index contributed by atoms with van der Waals surface area (Å²) in [6.45, 7) is 8.48. The number of sulfonamides is 1. The van der Waals surface area contributed by atoms with E-state index in [4.69, 9.17) is 0 Å². The van der Waals surface area contributed by atoms with Gasteiger partial charge in [-0.15, -0.1) is 11.3 Å². The molecule has 0 unspecified atom stereocenters. The van der Waals surface area contributed by atoms with E-state index < -0.39 is 10.0 Å². The lowest BCUT2D eigenvalue weighted by atomic mass is 10.1. The quantitative estimate of drug-likeness (QED) is 0.527. The summed E-state index contributed by atoms with van der Waals surface area (Å²) in [5, 5.41) is 1.73. The van der Waals surface area contributed by atoms with E-state index in [-0.39, 0.29) is 16.7 Å². The summed E-state index contributed by atoms with van der Waals surface area (Å²) >= 11 is 1.16. The number of carbonyl (C=O) groups excluding carboxylic acids is 1. The molecule has 0 spiro atoms. The Morgan fingerprint density at radius 2 is 1.61 bits per heavy atom. The van der Waals surface area contributed by atoms with Crippen molar-refractivity contribution < 1.29 is 13.2 Å². The van der Waals surface area contributed by atoms with E-state index in [0.29, 0.717) is 18.8 Å². The van der Waals surface area contributed by atoms with Gasteiger partial charge >= 0.3 is 0 Å². The summed E-state index contributed by atoms with van der Waals surface area (Å²) in [4.78, 5) is 17.3. The first kappa shape index (κ1) is 23.3. The smallest absolute Gasteiger partial charge is 0.274 e. The Balaban J connectivity index is 1.51. The summed E-state index contributed by atoms with van der Waals surface area (Å²) in [5.74, 6) is -0.184. The average molecular weight is 484 g/mol. The van der Waals surface area contributed by atoms with Crippen LogP contribution in [0.15, 0.2) is 64.2 Å². The Hall–Kier alpha value is -2.84. The third-order valence-electron chi connectivity index (χ3n) is 5.98. The van der Waals surface area contributed by atoms with Crippen LogP contribution >= 0.6 is 11.3 Å². The topological polar surface area (TPSA) is 60.9 Å². The van der Waals surface area contributed by atoms with Crippen molar-refractivity contribution in [2.75, 3.05) is 41.9 Å². The molecule has 6 nitrogen and oxygen atoms in total. The number of rotatable bonds is 6. The van der Waals surface area contributed by atoms with Crippen molar-refractivity contribution in [3.8, 4) is 0 Å². The number of amides is 1. The maximum Gasteiger partial charge on any atom is 0.274 e. The number of anilines is 2. The van der Waals surface area contributed by atoms with E-state index in [0.717, 1.165) is 30.0 Å². The minimum Gasteiger partial charge on any atom is -0.368 e. The number of thiophene rings is 1. The van der Waals surface area contributed by atoms with Crippen LogP contribution in [0.5, 0.6) is 0 Å². The van der Waals surface area contributed by atoms with Gasteiger partial charge in [-0.05, 0) is 61.5 Å². The molecule has 2 aromatic carbocycles. The fraction of sp³-hybridized carbons (Fsp3) is 0.320. The van der Waals surface area contributed by atoms with Gasteiger partial charge in [0, 0.05) is 31.9 Å². The van der Waals surface area contributed by atoms with E-state index in [1.165, 1.54) is 21.1 Å². The first-order chi connectivity index (χ1) is 15.8. The first-order valence-corrected chi connectivity index (χ1v) is 13.3. The molecule has 0 atom stereocenters. The summed E-state index contributed by atoms with van der Waals surface area (Å²) < 4.78 is 28.2. The zero-order valence-corrected chi connectivity index (χ0v) is 20.8. The van der Waals surface area contributed by atoms with Crippen molar-refractivity contribution in [3.63, 3.8) is 0 Å². The molecule has 3 aromatic rings. The molecule has 0 aliphatic carbocycles. The normalized spacial score (nSPS) is 14.4. The average Bonchev–Trinajstić information content (AvgIpc) is 3.36. The number of hydrogen-bond acceptors (Lipinski definition) is 5. The molecular weight excluding hydrogens is 454 g/mol. The van der Waals surface area contributed by atoms with Crippen LogP contribution in [0.25, 0.3) is 0 Å². The number of aryl methyl sites for hydroxylation is 3. The highest BCUT2D eigenvalue weighted by atomic mass is 32.2. The molecule has 1 aliphatic rings. The van der Waals surface area contributed by atoms with Crippen LogP contribution in [0.2, 0.25) is 0 Å². The van der Waals surface area contributed by atoms with Crippen molar-refractivity contribution in [2.24, 2.45) is 0 Å². The molecule has 4 rings (SSSR count). The molecule has 1 fully saturated rings. The van der Waals surface area contributed by atoms with Crippen LogP contribution < -0.4 is 9.21 Å². The van der Waals surface area contributed by atoms with Gasteiger partial charge in [0.25, 0.3) is 10.0 Å². The molecule has 8 heteroatoms. The second kappa shape index (κ2) is 9.57. The van der Waals surface area contributed by atoms with Crippen LogP contribution in [0, 0.1) is 20.8 Å². The Morgan fingerprint density at radius 1 is 0.939 bits per heavy atom. The molecular formula is C25H29N3O3S2. The molecule has 174 valence electrons. The molecule has 0 bridgehead atoms. The van der Waals surface area contributed by atoms with E-state index in [9.17, 15) is 13.2 Å². The largest absolute Gasteiger partial charge is 0.368 e. The number of hydrogen-bond donors (Lipinski definition) is 0. The van der Waals surface area contributed by atoms with Gasteiger partial charge in [0.1, 0.15) is 10.8 Å². The van der Waals surface area contributed by atoms with Gasteiger partial charge in [0.2, 0.25) is 5.91 Å². The van der Waals surface area contributed by atoms with E-state index in [2.05, 4.69) is 36.9 Å². The minimum atomic E-state index is -3.83. The molecule has 0 saturated carbocycles. The van der Waals surface area contributed by atoms with Crippen molar-refractivity contribution in [2.45, 2.75) is 25.0 Å². The molecule has 1 aromatic heterocycles. The third kappa shape index (κ3) is 5.07. The van der Waals surface area contributed by atoms with E-state index in [1.54, 1.807) is 34.5 Å². The zero-order chi connectivity index (χ0) is 23.6. The number of benzene rings is 2. The lowest BCUT2D eigenvalue weighted by Gasteiger charge is -2.37. The maximum atomic E-state index is 13.4. The van der Waals surface area contributed by atoms with Gasteiger partial charge in [-0.25, -0.2) is 8.42 Å². The minimum absolute atomic E-state index is 0.184. The van der Waals surface area contributed by atoms with E-state index in [1.807, 2.05) is 19.1 Å². The highest BCUT2D eigenvalue weighted by Gasteiger charge is 2.31. The molecule has 1 amide bonds. The van der Waals surface area contributed by atoms with E-state index >= 15 is 0 Å². The lowest BCUT2D eigenvalue weighted by molar-refractivity contribution is -0.129. The predicted octanol–water partition coefficient (Wildman–Crippen LogP) is 4.22. The predicted molar refractivity (Wildman–Crippen MR) is 135 cm³/mol. The first-order valence-electron chi connectivity index (χ1n) is 11.0. The number of nitrogens with zero attached hydrogens (tertiary/aromatic N) is 3. The van der Waals surface area contributed by atoms with Gasteiger partial charge in [-0.3, -0.25) is 9.10 Å². The Kier molecular flexibility index (Phi) is 6.76. The SMILES string of the molecule is Cc1ccc(N(CC(=O)N2CCN(c3cc(C)ccc3C)CC2)S(=O)(=O)c2cccs2)cc1. The van der Waals surface area contributed by atoms with Crippen LogP contribution in [0.1, 0.15) is 16.7 Å². The zero-order valence-electron chi connectivity index (χ0n) is 19.2. The van der Waals surface area contributed by atoms with Gasteiger partial charge in [-0.1, -0.05) is 35.9 Å². The van der Waals surface area contributed by atoms with Crippen molar-refractivity contribution in [1.29, 1.82) is 0 Å². The Bertz CT molecular complexity index is 1210. The maximum absolute atomic E-state index is 13.4. The second-order valence-corrected chi connectivity index (χ2v) is 11.5. The van der Waals surface area contributed by atoms with Crippen LogP contribution in [-0.4, -0.2) is 51.9 Å². The van der Waals surface area contributed by atoms with Crippen molar-refractivity contribution in [3.05, 3.63) is 76.7 Å². The lowest BCUT2D eigenvalue weighted by Crippen LogP contribution is -2.52. The molecule has 1 saturated heterocycles. The standard InChI is InChI=1S/C25H29N3O3S2/c1-19-7-10-22(11-8-19)28(33(30,31)25-5-4-16-32-25)18-24(29)27-14-12-26(13-15-27)23-17-20(2)6-9-21(23)3/h4-11,16-17H,12-15,18H2,1-3H3. The van der Waals surface area contributed by atoms with Crippen LogP contribution in [0.3, 0.4) is 0 Å². The van der Waals surface area contributed by atoms with Gasteiger partial charge < -0.3 is 9.80 Å². The fourth-order valence-corrected chi connectivity index (χ4v) is 6.54. The highest BCUT2D eigenvalue weighted by molar-refractivity contribution is 7.94. The summed E-state index contributed by atoms with van der Waals surface area (Å²) in [5.41, 5.74) is 5.15. The summed E-state index contributed by atoms with van der Waals surface area (Å²) in [6, 6.07) is 16.9. The van der Waals surface area contributed by atoms with Crippen molar-refractivity contribution in [1.82, 2.24) is 4.90 Å².